The van der Waals surface area contributed by atoms with Crippen LogP contribution in [-0.2, 0) is 0 Å². The Morgan fingerprint density at radius 2 is 2.11 bits per heavy atom. The zero-order chi connectivity index (χ0) is 7.44. The molecule has 0 heterocycles. The smallest absolute Gasteiger partial charge is 0.0157 e. The van der Waals surface area contributed by atoms with E-state index in [4.69, 9.17) is 5.73 Å². The zero-order valence-corrected chi connectivity index (χ0v) is 6.44. The molecule has 1 atom stereocenters. The molecule has 0 aliphatic carbocycles. The van der Waals surface area contributed by atoms with Gasteiger partial charge in [0.05, 0.1) is 0 Å². The first-order valence-corrected chi connectivity index (χ1v) is 3.16. The van der Waals surface area contributed by atoms with Gasteiger partial charge in [0.15, 0.2) is 0 Å². The first kappa shape index (κ1) is 8.28. The third-order valence-corrected chi connectivity index (χ3v) is 1.69. The minimum atomic E-state index is 0.329. The van der Waals surface area contributed by atoms with E-state index in [-0.39, 0.29) is 0 Å². The summed E-state index contributed by atoms with van der Waals surface area (Å²) in [5.41, 5.74) is 7.50. The summed E-state index contributed by atoms with van der Waals surface area (Å²) >= 11 is 0. The normalized spacial score (nSPS) is 15.2. The van der Waals surface area contributed by atoms with Gasteiger partial charge in [-0.25, -0.2) is 0 Å². The van der Waals surface area contributed by atoms with Gasteiger partial charge >= 0.3 is 0 Å². The lowest BCUT2D eigenvalue weighted by molar-refractivity contribution is 0.790. The van der Waals surface area contributed by atoms with E-state index in [1.807, 2.05) is 6.92 Å². The van der Waals surface area contributed by atoms with Gasteiger partial charge in [-0.3, -0.25) is 0 Å². The highest BCUT2D eigenvalue weighted by molar-refractivity contribution is 5.12. The van der Waals surface area contributed by atoms with Crippen molar-refractivity contribution in [3.63, 3.8) is 0 Å². The molecule has 0 aromatic heterocycles. The molecular weight excluding hydrogens is 110 g/mol. The van der Waals surface area contributed by atoms with E-state index in [9.17, 15) is 0 Å². The van der Waals surface area contributed by atoms with Crippen LogP contribution in [0.4, 0.5) is 0 Å². The first-order valence-electron chi connectivity index (χ1n) is 3.16. The van der Waals surface area contributed by atoms with Gasteiger partial charge < -0.3 is 5.73 Å². The first-order chi connectivity index (χ1) is 4.09. The Bertz CT molecular complexity index is 134. The number of nitrogens with two attached hydrogens (primary N) is 1. The summed E-state index contributed by atoms with van der Waals surface area (Å²) in [6, 6.07) is 0. The van der Waals surface area contributed by atoms with Crippen LogP contribution in [0.3, 0.4) is 0 Å². The molecule has 0 aromatic carbocycles. The molecule has 0 amide bonds. The summed E-state index contributed by atoms with van der Waals surface area (Å²) < 4.78 is 0. The molecule has 0 aliphatic heterocycles. The highest BCUT2D eigenvalue weighted by atomic mass is 14.6. The SMILES string of the molecule is C=C(N)C(C)/C(C)=C/C. The van der Waals surface area contributed by atoms with Crippen molar-refractivity contribution in [1.29, 1.82) is 0 Å². The minimum Gasteiger partial charge on any atom is -0.402 e. The number of rotatable bonds is 2. The fourth-order valence-electron chi connectivity index (χ4n) is 0.542. The zero-order valence-electron chi connectivity index (χ0n) is 6.44. The highest BCUT2D eigenvalue weighted by Gasteiger charge is 2.02. The molecule has 0 radical (unpaired) electrons. The Labute approximate surface area is 57.3 Å². The Kier molecular flexibility index (Phi) is 3.07. The van der Waals surface area contributed by atoms with Crippen LogP contribution in [0.1, 0.15) is 20.8 Å². The molecule has 0 rings (SSSR count). The summed E-state index contributed by atoms with van der Waals surface area (Å²) in [6.45, 7) is 9.78. The Balaban J connectivity index is 4.04. The van der Waals surface area contributed by atoms with Crippen molar-refractivity contribution < 1.29 is 0 Å². The third kappa shape index (κ3) is 2.36. The van der Waals surface area contributed by atoms with Gasteiger partial charge in [-0.15, -0.1) is 0 Å². The molecule has 1 nitrogen and oxygen atoms in total. The predicted octanol–water partition coefficient (Wildman–Crippen LogP) is 2.06. The fourth-order valence-corrected chi connectivity index (χ4v) is 0.542. The van der Waals surface area contributed by atoms with E-state index in [1.54, 1.807) is 0 Å². The van der Waals surface area contributed by atoms with Crippen molar-refractivity contribution in [1.82, 2.24) is 0 Å². The summed E-state index contributed by atoms with van der Waals surface area (Å²) in [5, 5.41) is 0. The standard InChI is InChI=1S/C8H15N/c1-5-6(2)7(3)8(4)9/h5,7H,4,9H2,1-3H3/b6-5+. The second-order valence-electron chi connectivity index (χ2n) is 2.33. The molecule has 1 heteroatoms. The van der Waals surface area contributed by atoms with Gasteiger partial charge in [-0.05, 0) is 13.8 Å². The molecule has 0 saturated carbocycles. The van der Waals surface area contributed by atoms with Gasteiger partial charge in [0.2, 0.25) is 0 Å². The molecule has 2 N–H and O–H groups in total. The second kappa shape index (κ2) is 3.33. The van der Waals surface area contributed by atoms with Crippen LogP contribution in [0.15, 0.2) is 23.9 Å². The van der Waals surface area contributed by atoms with Crippen molar-refractivity contribution in [2.75, 3.05) is 0 Å². The molecule has 0 spiro atoms. The second-order valence-corrected chi connectivity index (χ2v) is 2.33. The van der Waals surface area contributed by atoms with E-state index in [0.717, 1.165) is 5.70 Å². The van der Waals surface area contributed by atoms with Crippen LogP contribution in [0.5, 0.6) is 0 Å². The van der Waals surface area contributed by atoms with Crippen LogP contribution in [0.25, 0.3) is 0 Å². The molecule has 0 aliphatic rings. The summed E-state index contributed by atoms with van der Waals surface area (Å²) in [7, 11) is 0. The summed E-state index contributed by atoms with van der Waals surface area (Å²) in [6.07, 6.45) is 2.06. The largest absolute Gasteiger partial charge is 0.402 e. The number of hydrogen-bond acceptors (Lipinski definition) is 1. The Hall–Kier alpha value is -0.720. The van der Waals surface area contributed by atoms with Gasteiger partial charge in [-0.1, -0.05) is 25.2 Å². The topological polar surface area (TPSA) is 26.0 Å². The van der Waals surface area contributed by atoms with Crippen LogP contribution < -0.4 is 5.73 Å². The van der Waals surface area contributed by atoms with Gasteiger partial charge in [0.1, 0.15) is 0 Å². The van der Waals surface area contributed by atoms with E-state index >= 15 is 0 Å². The van der Waals surface area contributed by atoms with Gasteiger partial charge in [0.25, 0.3) is 0 Å². The molecule has 0 aromatic rings. The molecule has 9 heavy (non-hydrogen) atoms. The molecule has 1 unspecified atom stereocenters. The average molecular weight is 125 g/mol. The lowest BCUT2D eigenvalue weighted by atomic mass is 10.0. The van der Waals surface area contributed by atoms with Crippen LogP contribution >= 0.6 is 0 Å². The molecular formula is C8H15N. The molecule has 0 saturated heterocycles. The molecule has 52 valence electrons. The van der Waals surface area contributed by atoms with E-state index in [2.05, 4.69) is 26.5 Å². The summed E-state index contributed by atoms with van der Waals surface area (Å²) in [5.74, 6) is 0.329. The maximum absolute atomic E-state index is 5.48. The quantitative estimate of drug-likeness (QED) is 0.562. The highest BCUT2D eigenvalue weighted by Crippen LogP contribution is 2.12. The van der Waals surface area contributed by atoms with Crippen molar-refractivity contribution >= 4 is 0 Å². The van der Waals surface area contributed by atoms with Gasteiger partial charge in [-0.2, -0.15) is 0 Å². The third-order valence-electron chi connectivity index (χ3n) is 1.69. The van der Waals surface area contributed by atoms with Crippen LogP contribution in [0.2, 0.25) is 0 Å². The van der Waals surface area contributed by atoms with E-state index in [0.29, 0.717) is 5.92 Å². The van der Waals surface area contributed by atoms with Crippen molar-refractivity contribution in [2.24, 2.45) is 11.7 Å². The van der Waals surface area contributed by atoms with Crippen LogP contribution in [-0.4, -0.2) is 0 Å². The van der Waals surface area contributed by atoms with Crippen molar-refractivity contribution in [2.45, 2.75) is 20.8 Å². The van der Waals surface area contributed by atoms with Crippen molar-refractivity contribution in [3.8, 4) is 0 Å². The van der Waals surface area contributed by atoms with Gasteiger partial charge in [0, 0.05) is 11.6 Å². The lowest BCUT2D eigenvalue weighted by Gasteiger charge is -2.09. The van der Waals surface area contributed by atoms with Crippen molar-refractivity contribution in [3.05, 3.63) is 23.9 Å². The fraction of sp³-hybridized carbons (Fsp3) is 0.500. The van der Waals surface area contributed by atoms with Crippen LogP contribution in [0, 0.1) is 5.92 Å². The number of allylic oxidation sites excluding steroid dienone is 2. The van der Waals surface area contributed by atoms with E-state index in [1.165, 1.54) is 5.57 Å². The monoisotopic (exact) mass is 125 g/mol. The summed E-state index contributed by atoms with van der Waals surface area (Å²) in [4.78, 5) is 0. The predicted molar refractivity (Wildman–Crippen MR) is 41.9 cm³/mol. The maximum atomic E-state index is 5.48. The molecule has 0 bridgehead atoms. The Morgan fingerprint density at radius 3 is 2.22 bits per heavy atom. The Morgan fingerprint density at radius 1 is 1.67 bits per heavy atom. The maximum Gasteiger partial charge on any atom is 0.0157 e. The average Bonchev–Trinajstić information content (AvgIpc) is 1.84. The number of hydrogen-bond donors (Lipinski definition) is 1. The molecule has 0 fully saturated rings. The minimum absolute atomic E-state index is 0.329. The van der Waals surface area contributed by atoms with E-state index < -0.39 is 0 Å². The lowest BCUT2D eigenvalue weighted by Crippen LogP contribution is -2.07.